The number of aliphatic hydroxyl groups is 1. The third-order valence-corrected chi connectivity index (χ3v) is 2.63. The highest BCUT2D eigenvalue weighted by Crippen LogP contribution is 2.20. The van der Waals surface area contributed by atoms with Crippen LogP contribution in [0, 0.1) is 0 Å². The second-order valence-electron chi connectivity index (χ2n) is 3.86. The van der Waals surface area contributed by atoms with Gasteiger partial charge in [0, 0.05) is 18.0 Å². The maximum absolute atomic E-state index is 9.45. The summed E-state index contributed by atoms with van der Waals surface area (Å²) in [6, 6.07) is 13.2. The van der Waals surface area contributed by atoms with E-state index in [0.29, 0.717) is 5.82 Å². The summed E-state index contributed by atoms with van der Waals surface area (Å²) in [5.41, 5.74) is 4.36. The molecule has 2 rings (SSSR count). The molecule has 0 aliphatic rings. The summed E-state index contributed by atoms with van der Waals surface area (Å²) in [6.07, 6.45) is 1.65. The smallest absolute Gasteiger partial charge is 0.141 e. The lowest BCUT2D eigenvalue weighted by Crippen LogP contribution is -2.15. The van der Waals surface area contributed by atoms with Gasteiger partial charge in [-0.2, -0.15) is 0 Å². The summed E-state index contributed by atoms with van der Waals surface area (Å²) in [5.74, 6) is 5.88. The molecule has 0 amide bonds. The summed E-state index contributed by atoms with van der Waals surface area (Å²) in [5, 5.41) is 12.7. The van der Waals surface area contributed by atoms with Crippen LogP contribution in [0.25, 0.3) is 0 Å². The maximum atomic E-state index is 9.45. The third-order valence-electron chi connectivity index (χ3n) is 2.63. The Kier molecular flexibility index (Phi) is 4.11. The molecular weight excluding hydrogens is 228 g/mol. The molecule has 0 bridgehead atoms. The molecule has 1 unspecified atom stereocenters. The molecule has 0 saturated heterocycles. The van der Waals surface area contributed by atoms with E-state index in [2.05, 4.69) is 15.7 Å². The zero-order valence-corrected chi connectivity index (χ0v) is 9.88. The molecule has 5 nitrogen and oxygen atoms in total. The number of nitrogens with one attached hydrogen (secondary N) is 2. The van der Waals surface area contributed by atoms with Crippen LogP contribution in [0.2, 0.25) is 0 Å². The Morgan fingerprint density at radius 3 is 2.67 bits per heavy atom. The van der Waals surface area contributed by atoms with Gasteiger partial charge in [0.1, 0.15) is 5.82 Å². The van der Waals surface area contributed by atoms with Gasteiger partial charge in [0.25, 0.3) is 0 Å². The summed E-state index contributed by atoms with van der Waals surface area (Å²) < 4.78 is 0. The number of anilines is 2. The lowest BCUT2D eigenvalue weighted by molar-refractivity contribution is 0.276. The number of hydrazine groups is 1. The Morgan fingerprint density at radius 2 is 2.00 bits per heavy atom. The van der Waals surface area contributed by atoms with Gasteiger partial charge in [-0.05, 0) is 11.6 Å². The zero-order valence-electron chi connectivity index (χ0n) is 9.88. The minimum Gasteiger partial charge on any atom is -0.394 e. The highest BCUT2D eigenvalue weighted by atomic mass is 16.3. The first kappa shape index (κ1) is 12.3. The van der Waals surface area contributed by atoms with Gasteiger partial charge < -0.3 is 15.8 Å². The van der Waals surface area contributed by atoms with E-state index in [4.69, 9.17) is 5.84 Å². The molecule has 18 heavy (non-hydrogen) atoms. The van der Waals surface area contributed by atoms with E-state index in [1.165, 1.54) is 0 Å². The maximum Gasteiger partial charge on any atom is 0.141 e. The Bertz CT molecular complexity index is 489. The van der Waals surface area contributed by atoms with Crippen LogP contribution in [0.3, 0.4) is 0 Å². The molecule has 0 fully saturated rings. The number of nitrogens with two attached hydrogens (primary N) is 1. The van der Waals surface area contributed by atoms with Crippen molar-refractivity contribution < 1.29 is 5.11 Å². The molecule has 1 atom stereocenters. The van der Waals surface area contributed by atoms with Gasteiger partial charge in [0.15, 0.2) is 0 Å². The predicted molar refractivity (Wildman–Crippen MR) is 71.9 cm³/mol. The second-order valence-corrected chi connectivity index (χ2v) is 3.86. The Balaban J connectivity index is 2.15. The van der Waals surface area contributed by atoms with Crippen molar-refractivity contribution in [2.75, 3.05) is 17.3 Å². The van der Waals surface area contributed by atoms with E-state index in [-0.39, 0.29) is 12.6 Å². The van der Waals surface area contributed by atoms with Crippen LogP contribution in [-0.2, 0) is 0 Å². The molecule has 2 aromatic rings. The molecule has 0 aliphatic heterocycles. The standard InChI is InChI=1S/C13H16N4O/c14-17-13-8-11(6-7-15-13)16-12(9-18)10-4-2-1-3-5-10/h1-8,12,18H,9,14H2,(H2,15,16,17). The highest BCUT2D eigenvalue weighted by Gasteiger charge is 2.09. The van der Waals surface area contributed by atoms with E-state index < -0.39 is 0 Å². The van der Waals surface area contributed by atoms with Gasteiger partial charge in [-0.15, -0.1) is 0 Å². The number of pyridine rings is 1. The number of aliphatic hydroxyl groups excluding tert-OH is 1. The van der Waals surface area contributed by atoms with Crippen molar-refractivity contribution >= 4 is 11.5 Å². The quantitative estimate of drug-likeness (QED) is 0.473. The normalized spacial score (nSPS) is 11.9. The molecule has 1 aromatic carbocycles. The van der Waals surface area contributed by atoms with E-state index in [1.54, 1.807) is 12.3 Å². The zero-order chi connectivity index (χ0) is 12.8. The molecular formula is C13H16N4O. The second kappa shape index (κ2) is 6.00. The first-order valence-electron chi connectivity index (χ1n) is 5.68. The van der Waals surface area contributed by atoms with Crippen LogP contribution in [0.5, 0.6) is 0 Å². The van der Waals surface area contributed by atoms with Crippen molar-refractivity contribution in [3.05, 3.63) is 54.2 Å². The number of aromatic nitrogens is 1. The minimum atomic E-state index is -0.153. The van der Waals surface area contributed by atoms with Crippen LogP contribution in [0.15, 0.2) is 48.7 Å². The number of nitrogen functional groups attached to an aromatic ring is 1. The topological polar surface area (TPSA) is 83.2 Å². The van der Waals surface area contributed by atoms with Gasteiger partial charge in [0.2, 0.25) is 0 Å². The number of hydrogen-bond acceptors (Lipinski definition) is 5. The van der Waals surface area contributed by atoms with Crippen molar-refractivity contribution in [2.24, 2.45) is 5.84 Å². The molecule has 94 valence electrons. The third kappa shape index (κ3) is 2.97. The van der Waals surface area contributed by atoms with Gasteiger partial charge in [-0.25, -0.2) is 10.8 Å². The lowest BCUT2D eigenvalue weighted by atomic mass is 10.1. The Hall–Kier alpha value is -2.11. The van der Waals surface area contributed by atoms with Crippen molar-refractivity contribution in [3.63, 3.8) is 0 Å². The van der Waals surface area contributed by atoms with Gasteiger partial charge >= 0.3 is 0 Å². The van der Waals surface area contributed by atoms with Crippen molar-refractivity contribution in [3.8, 4) is 0 Å². The average molecular weight is 244 g/mol. The average Bonchev–Trinajstić information content (AvgIpc) is 2.46. The van der Waals surface area contributed by atoms with Crippen molar-refractivity contribution in [1.29, 1.82) is 0 Å². The van der Waals surface area contributed by atoms with Gasteiger partial charge in [-0.3, -0.25) is 0 Å². The molecule has 0 spiro atoms. The van der Waals surface area contributed by atoms with E-state index in [1.807, 2.05) is 36.4 Å². The molecule has 0 aliphatic carbocycles. The fourth-order valence-electron chi connectivity index (χ4n) is 1.72. The molecule has 1 heterocycles. The summed E-state index contributed by atoms with van der Waals surface area (Å²) in [4.78, 5) is 4.03. The SMILES string of the molecule is NNc1cc(NC(CO)c2ccccc2)ccn1. The summed E-state index contributed by atoms with van der Waals surface area (Å²) in [6.45, 7) is 0.0116. The Labute approximate surface area is 106 Å². The van der Waals surface area contributed by atoms with E-state index in [9.17, 15) is 5.11 Å². The Morgan fingerprint density at radius 1 is 1.22 bits per heavy atom. The van der Waals surface area contributed by atoms with Gasteiger partial charge in [-0.1, -0.05) is 30.3 Å². The van der Waals surface area contributed by atoms with Crippen LogP contribution >= 0.6 is 0 Å². The number of hydrogen-bond donors (Lipinski definition) is 4. The van der Waals surface area contributed by atoms with Crippen LogP contribution in [-0.4, -0.2) is 16.7 Å². The minimum absolute atomic E-state index is 0.0116. The molecule has 1 aromatic heterocycles. The first-order valence-corrected chi connectivity index (χ1v) is 5.68. The van der Waals surface area contributed by atoms with Crippen LogP contribution < -0.4 is 16.6 Å². The molecule has 5 heteroatoms. The fraction of sp³-hybridized carbons (Fsp3) is 0.154. The number of benzene rings is 1. The monoisotopic (exact) mass is 244 g/mol. The predicted octanol–water partition coefficient (Wildman–Crippen LogP) is 1.51. The molecule has 5 N–H and O–H groups in total. The number of nitrogens with zero attached hydrogens (tertiary/aromatic N) is 1. The fourth-order valence-corrected chi connectivity index (χ4v) is 1.72. The highest BCUT2D eigenvalue weighted by molar-refractivity contribution is 5.52. The van der Waals surface area contributed by atoms with E-state index in [0.717, 1.165) is 11.3 Å². The molecule has 0 radical (unpaired) electrons. The molecule has 0 saturated carbocycles. The lowest BCUT2D eigenvalue weighted by Gasteiger charge is -2.18. The van der Waals surface area contributed by atoms with Crippen molar-refractivity contribution in [1.82, 2.24) is 4.98 Å². The summed E-state index contributed by atoms with van der Waals surface area (Å²) in [7, 11) is 0. The summed E-state index contributed by atoms with van der Waals surface area (Å²) >= 11 is 0. The first-order chi connectivity index (χ1) is 8.83. The largest absolute Gasteiger partial charge is 0.394 e. The van der Waals surface area contributed by atoms with E-state index >= 15 is 0 Å². The van der Waals surface area contributed by atoms with Crippen molar-refractivity contribution in [2.45, 2.75) is 6.04 Å². The van der Waals surface area contributed by atoms with Crippen LogP contribution in [0.4, 0.5) is 11.5 Å². The number of rotatable bonds is 5. The van der Waals surface area contributed by atoms with Crippen LogP contribution in [0.1, 0.15) is 11.6 Å². The van der Waals surface area contributed by atoms with Gasteiger partial charge in [0.05, 0.1) is 12.6 Å².